The number of amides is 1. The largest absolute Gasteiger partial charge is 0.465 e. The van der Waals surface area contributed by atoms with Gasteiger partial charge in [-0.3, -0.25) is 10.0 Å². The summed E-state index contributed by atoms with van der Waals surface area (Å²) >= 11 is 0. The van der Waals surface area contributed by atoms with E-state index in [9.17, 15) is 9.59 Å². The van der Waals surface area contributed by atoms with Gasteiger partial charge in [0.1, 0.15) is 0 Å². The molecule has 1 aromatic rings. The second kappa shape index (κ2) is 4.38. The minimum atomic E-state index is -0.744. The molecule has 14 heavy (non-hydrogen) atoms. The highest BCUT2D eigenvalue weighted by Gasteiger charge is 2.15. The van der Waals surface area contributed by atoms with Crippen molar-refractivity contribution in [2.45, 2.75) is 0 Å². The first-order chi connectivity index (χ1) is 6.70. The number of methoxy groups -OCH3 is 1. The third-order valence-electron chi connectivity index (χ3n) is 1.68. The predicted molar refractivity (Wildman–Crippen MR) is 47.0 cm³/mol. The third kappa shape index (κ3) is 1.89. The predicted octanol–water partition coefficient (Wildman–Crippen LogP) is 0.592. The first-order valence-electron chi connectivity index (χ1n) is 3.82. The summed E-state index contributed by atoms with van der Waals surface area (Å²) in [6, 6.07) is 6.03. The Morgan fingerprint density at radius 2 is 1.86 bits per heavy atom. The van der Waals surface area contributed by atoms with Crippen LogP contribution in [0.2, 0.25) is 0 Å². The quantitative estimate of drug-likeness (QED) is 0.411. The highest BCUT2D eigenvalue weighted by atomic mass is 16.5. The fraction of sp³-hybridized carbons (Fsp3) is 0.111. The number of esters is 1. The molecular weight excluding hydrogens is 186 g/mol. The van der Waals surface area contributed by atoms with Crippen LogP contribution in [0.15, 0.2) is 24.3 Å². The molecule has 0 fully saturated rings. The van der Waals surface area contributed by atoms with Crippen LogP contribution in [0.25, 0.3) is 0 Å². The summed E-state index contributed by atoms with van der Waals surface area (Å²) in [7, 11) is 1.22. The molecule has 5 heteroatoms. The van der Waals surface area contributed by atoms with Crippen molar-refractivity contribution in [3.63, 3.8) is 0 Å². The number of hydrogen-bond donors (Lipinski definition) is 2. The van der Waals surface area contributed by atoms with E-state index in [1.54, 1.807) is 12.1 Å². The third-order valence-corrected chi connectivity index (χ3v) is 1.68. The Morgan fingerprint density at radius 3 is 2.36 bits per heavy atom. The highest BCUT2D eigenvalue weighted by Crippen LogP contribution is 2.09. The van der Waals surface area contributed by atoms with Crippen molar-refractivity contribution in [2.75, 3.05) is 7.11 Å². The van der Waals surface area contributed by atoms with Crippen molar-refractivity contribution in [3.05, 3.63) is 35.4 Å². The van der Waals surface area contributed by atoms with Crippen LogP contribution in [0.3, 0.4) is 0 Å². The molecule has 0 bridgehead atoms. The number of hydroxylamine groups is 1. The van der Waals surface area contributed by atoms with Gasteiger partial charge in [0, 0.05) is 0 Å². The molecule has 0 saturated carbocycles. The van der Waals surface area contributed by atoms with Crippen LogP contribution in [-0.2, 0) is 4.74 Å². The first-order valence-corrected chi connectivity index (χ1v) is 3.82. The van der Waals surface area contributed by atoms with Crippen molar-refractivity contribution < 1.29 is 19.5 Å². The average molecular weight is 195 g/mol. The van der Waals surface area contributed by atoms with Crippen molar-refractivity contribution in [1.82, 2.24) is 5.48 Å². The zero-order valence-corrected chi connectivity index (χ0v) is 7.48. The molecule has 0 radical (unpaired) electrons. The van der Waals surface area contributed by atoms with E-state index in [-0.39, 0.29) is 11.1 Å². The summed E-state index contributed by atoms with van der Waals surface area (Å²) in [5.41, 5.74) is 1.64. The molecular formula is C9H9NO4. The lowest BCUT2D eigenvalue weighted by molar-refractivity contribution is 0.0587. The van der Waals surface area contributed by atoms with E-state index in [1.165, 1.54) is 24.7 Å². The highest BCUT2D eigenvalue weighted by molar-refractivity contribution is 6.04. The van der Waals surface area contributed by atoms with Crippen LogP contribution >= 0.6 is 0 Å². The molecule has 0 aliphatic rings. The van der Waals surface area contributed by atoms with Crippen LogP contribution in [0.4, 0.5) is 0 Å². The number of carbonyl (C=O) groups excluding carboxylic acids is 2. The molecule has 5 nitrogen and oxygen atoms in total. The van der Waals surface area contributed by atoms with E-state index >= 15 is 0 Å². The van der Waals surface area contributed by atoms with Gasteiger partial charge in [-0.15, -0.1) is 0 Å². The summed E-state index contributed by atoms with van der Waals surface area (Å²) in [5.74, 6) is -1.37. The summed E-state index contributed by atoms with van der Waals surface area (Å²) < 4.78 is 4.47. The Bertz CT molecular complexity index is 327. The van der Waals surface area contributed by atoms with Crippen molar-refractivity contribution >= 4 is 11.9 Å². The van der Waals surface area contributed by atoms with E-state index in [0.717, 1.165) is 0 Å². The van der Waals surface area contributed by atoms with Gasteiger partial charge in [0.15, 0.2) is 0 Å². The van der Waals surface area contributed by atoms with Crippen LogP contribution in [0.5, 0.6) is 0 Å². The van der Waals surface area contributed by atoms with E-state index in [0.29, 0.717) is 0 Å². The number of carbonyl (C=O) groups is 2. The Kier molecular flexibility index (Phi) is 3.19. The monoisotopic (exact) mass is 195 g/mol. The maximum atomic E-state index is 11.2. The van der Waals surface area contributed by atoms with Crippen LogP contribution < -0.4 is 5.48 Å². The molecule has 74 valence electrons. The Balaban J connectivity index is 3.15. The maximum absolute atomic E-state index is 11.2. The molecule has 0 aliphatic heterocycles. The van der Waals surface area contributed by atoms with Gasteiger partial charge < -0.3 is 4.74 Å². The summed E-state index contributed by atoms with van der Waals surface area (Å²) in [5, 5.41) is 8.42. The average Bonchev–Trinajstić information content (AvgIpc) is 2.27. The van der Waals surface area contributed by atoms with Gasteiger partial charge in [0.05, 0.1) is 18.2 Å². The van der Waals surface area contributed by atoms with Crippen LogP contribution in [0.1, 0.15) is 20.7 Å². The topological polar surface area (TPSA) is 75.6 Å². The zero-order chi connectivity index (χ0) is 10.6. The summed E-state index contributed by atoms with van der Waals surface area (Å²) in [6.07, 6.45) is 0. The molecule has 0 saturated heterocycles. The number of nitrogens with one attached hydrogen (secondary N) is 1. The zero-order valence-electron chi connectivity index (χ0n) is 7.48. The minimum Gasteiger partial charge on any atom is -0.465 e. The molecule has 1 amide bonds. The number of ether oxygens (including phenoxy) is 1. The van der Waals surface area contributed by atoms with E-state index in [2.05, 4.69) is 4.74 Å². The smallest absolute Gasteiger partial charge is 0.338 e. The van der Waals surface area contributed by atoms with Gasteiger partial charge in [-0.05, 0) is 12.1 Å². The van der Waals surface area contributed by atoms with Crippen molar-refractivity contribution in [2.24, 2.45) is 0 Å². The maximum Gasteiger partial charge on any atom is 0.338 e. The van der Waals surface area contributed by atoms with E-state index < -0.39 is 11.9 Å². The fourth-order valence-corrected chi connectivity index (χ4v) is 1.03. The molecule has 1 aromatic carbocycles. The number of hydrogen-bond acceptors (Lipinski definition) is 4. The molecule has 0 atom stereocenters. The van der Waals surface area contributed by atoms with E-state index in [4.69, 9.17) is 5.21 Å². The first kappa shape index (κ1) is 10.2. The van der Waals surface area contributed by atoms with Gasteiger partial charge in [-0.1, -0.05) is 12.1 Å². The normalized spacial score (nSPS) is 9.29. The number of rotatable bonds is 2. The molecule has 0 aromatic heterocycles. The molecule has 1 rings (SSSR count). The van der Waals surface area contributed by atoms with Gasteiger partial charge in [-0.2, -0.15) is 0 Å². The Labute approximate surface area is 80.3 Å². The summed E-state index contributed by atoms with van der Waals surface area (Å²) in [6.45, 7) is 0. The lowest BCUT2D eigenvalue weighted by atomic mass is 10.1. The molecule has 0 spiro atoms. The Hall–Kier alpha value is -1.88. The van der Waals surface area contributed by atoms with Crippen molar-refractivity contribution in [3.8, 4) is 0 Å². The lowest BCUT2D eigenvalue weighted by Crippen LogP contribution is -2.21. The van der Waals surface area contributed by atoms with Crippen LogP contribution in [-0.4, -0.2) is 24.2 Å². The van der Waals surface area contributed by atoms with Gasteiger partial charge in [0.25, 0.3) is 5.91 Å². The molecule has 0 unspecified atom stereocenters. The second-order valence-corrected chi connectivity index (χ2v) is 2.48. The Morgan fingerprint density at radius 1 is 1.29 bits per heavy atom. The molecule has 0 aliphatic carbocycles. The van der Waals surface area contributed by atoms with Gasteiger partial charge >= 0.3 is 5.97 Å². The van der Waals surface area contributed by atoms with Gasteiger partial charge in [0.2, 0.25) is 0 Å². The van der Waals surface area contributed by atoms with E-state index in [1.807, 2.05) is 0 Å². The molecule has 0 heterocycles. The SMILES string of the molecule is COC(=O)c1ccccc1C(=O)NO. The molecule has 2 N–H and O–H groups in total. The minimum absolute atomic E-state index is 0.0712. The number of benzene rings is 1. The lowest BCUT2D eigenvalue weighted by Gasteiger charge is -2.04. The second-order valence-electron chi connectivity index (χ2n) is 2.48. The van der Waals surface area contributed by atoms with Crippen molar-refractivity contribution in [1.29, 1.82) is 0 Å². The van der Waals surface area contributed by atoms with Gasteiger partial charge in [-0.25, -0.2) is 10.3 Å². The van der Waals surface area contributed by atoms with Crippen LogP contribution in [0, 0.1) is 0 Å². The summed E-state index contributed by atoms with van der Waals surface area (Å²) in [4.78, 5) is 22.3. The fourth-order valence-electron chi connectivity index (χ4n) is 1.03. The standard InChI is InChI=1S/C9H9NO4/c1-14-9(12)7-5-3-2-4-6(7)8(11)10-13/h2-5,13H,1H3,(H,10,11).